The van der Waals surface area contributed by atoms with Gasteiger partial charge in [-0.05, 0) is 18.5 Å². The molecule has 0 amide bonds. The van der Waals surface area contributed by atoms with Gasteiger partial charge in [-0.25, -0.2) is 4.79 Å². The van der Waals surface area contributed by atoms with Crippen molar-refractivity contribution in [3.05, 3.63) is 32.6 Å². The van der Waals surface area contributed by atoms with Crippen LogP contribution in [0.5, 0.6) is 0 Å². The fourth-order valence-corrected chi connectivity index (χ4v) is 2.52. The standard InChI is InChI=1S/C12H14ClN3O5/c1-6-4-8(18)15-11(20)16(6)10-12(14,2-3-13)9(19)7(5-17)21-10/h4,7,9-10,17,19H,5,14H2,1H3,(H,15,18,20)/t7-,9?,10-,12-/m1/s1. The van der Waals surface area contributed by atoms with E-state index >= 15 is 0 Å². The second-order valence-corrected chi connectivity index (χ2v) is 4.95. The summed E-state index contributed by atoms with van der Waals surface area (Å²) in [6.07, 6.45) is -3.60. The zero-order valence-electron chi connectivity index (χ0n) is 11.0. The Bertz CT molecular complexity index is 718. The van der Waals surface area contributed by atoms with E-state index in [1.54, 1.807) is 0 Å². The van der Waals surface area contributed by atoms with Crippen molar-refractivity contribution in [2.24, 2.45) is 5.73 Å². The molecule has 1 aromatic heterocycles. The Kier molecular flexibility index (Phi) is 4.22. The predicted molar refractivity (Wildman–Crippen MR) is 73.6 cm³/mol. The number of aromatic amines is 1. The Balaban J connectivity index is 2.64. The molecule has 4 atom stereocenters. The van der Waals surface area contributed by atoms with Crippen LogP contribution in [0, 0.1) is 18.2 Å². The van der Waals surface area contributed by atoms with Crippen LogP contribution in [0.4, 0.5) is 0 Å². The first kappa shape index (κ1) is 15.8. The molecule has 1 saturated heterocycles. The summed E-state index contributed by atoms with van der Waals surface area (Å²) in [5.74, 6) is 2.41. The Labute approximate surface area is 124 Å². The summed E-state index contributed by atoms with van der Waals surface area (Å²) in [4.78, 5) is 25.3. The zero-order valence-corrected chi connectivity index (χ0v) is 11.8. The highest BCUT2D eigenvalue weighted by Gasteiger charge is 2.54. The van der Waals surface area contributed by atoms with Gasteiger partial charge in [0.05, 0.1) is 6.61 Å². The molecule has 114 valence electrons. The van der Waals surface area contributed by atoms with Crippen LogP contribution < -0.4 is 17.0 Å². The third kappa shape index (κ3) is 2.50. The van der Waals surface area contributed by atoms with Crippen LogP contribution in [-0.4, -0.2) is 44.1 Å². The summed E-state index contributed by atoms with van der Waals surface area (Å²) in [5, 5.41) is 21.4. The summed E-state index contributed by atoms with van der Waals surface area (Å²) < 4.78 is 6.49. The van der Waals surface area contributed by atoms with Crippen molar-refractivity contribution in [2.45, 2.75) is 30.9 Å². The van der Waals surface area contributed by atoms with Gasteiger partial charge in [-0.1, -0.05) is 5.92 Å². The SMILES string of the molecule is Cc1cc(=O)[nH]c(=O)n1[C@@H]1O[C@H](CO)C(O)[C@]1(N)C#CCl. The summed E-state index contributed by atoms with van der Waals surface area (Å²) in [5.41, 5.74) is 3.26. The average Bonchev–Trinajstić information content (AvgIpc) is 2.63. The molecule has 2 heterocycles. The molecule has 1 aliphatic rings. The van der Waals surface area contributed by atoms with E-state index in [2.05, 4.69) is 16.3 Å². The van der Waals surface area contributed by atoms with E-state index in [1.807, 2.05) is 0 Å². The van der Waals surface area contributed by atoms with E-state index in [0.29, 0.717) is 0 Å². The molecule has 0 bridgehead atoms. The normalized spacial score (nSPS) is 31.8. The molecule has 8 nitrogen and oxygen atoms in total. The molecule has 1 fully saturated rings. The number of ether oxygens (including phenoxy) is 1. The summed E-state index contributed by atoms with van der Waals surface area (Å²) in [7, 11) is 0. The van der Waals surface area contributed by atoms with Crippen LogP contribution in [0.3, 0.4) is 0 Å². The fourth-order valence-electron chi connectivity index (χ4n) is 2.35. The second kappa shape index (κ2) is 5.63. The Morgan fingerprint density at radius 3 is 2.81 bits per heavy atom. The van der Waals surface area contributed by atoms with E-state index in [9.17, 15) is 19.8 Å². The summed E-state index contributed by atoms with van der Waals surface area (Å²) in [6, 6.07) is 1.18. The molecule has 1 aromatic rings. The van der Waals surface area contributed by atoms with Crippen molar-refractivity contribution >= 4 is 11.6 Å². The monoisotopic (exact) mass is 315 g/mol. The number of aliphatic hydroxyl groups is 2. The van der Waals surface area contributed by atoms with Crippen molar-refractivity contribution in [1.82, 2.24) is 9.55 Å². The van der Waals surface area contributed by atoms with E-state index in [-0.39, 0.29) is 5.69 Å². The van der Waals surface area contributed by atoms with Gasteiger partial charge in [0.2, 0.25) is 0 Å². The molecule has 0 saturated carbocycles. The van der Waals surface area contributed by atoms with Gasteiger partial charge in [-0.3, -0.25) is 14.3 Å². The largest absolute Gasteiger partial charge is 0.394 e. The molecule has 21 heavy (non-hydrogen) atoms. The lowest BCUT2D eigenvalue weighted by Gasteiger charge is -2.28. The van der Waals surface area contributed by atoms with Crippen LogP contribution >= 0.6 is 11.6 Å². The number of halogens is 1. The number of nitrogens with two attached hydrogens (primary N) is 1. The first-order chi connectivity index (χ1) is 9.85. The maximum Gasteiger partial charge on any atom is 0.330 e. The molecule has 0 radical (unpaired) electrons. The number of aliphatic hydroxyl groups excluding tert-OH is 2. The van der Waals surface area contributed by atoms with E-state index in [0.717, 1.165) is 4.57 Å². The number of aromatic nitrogens is 2. The highest BCUT2D eigenvalue weighted by molar-refractivity contribution is 6.30. The number of nitrogens with one attached hydrogen (secondary N) is 1. The fraction of sp³-hybridized carbons (Fsp3) is 0.500. The first-order valence-electron chi connectivity index (χ1n) is 6.03. The summed E-state index contributed by atoms with van der Waals surface area (Å²) >= 11 is 5.37. The molecule has 0 spiro atoms. The van der Waals surface area contributed by atoms with Gasteiger partial charge in [0.25, 0.3) is 5.56 Å². The van der Waals surface area contributed by atoms with E-state index < -0.39 is 41.8 Å². The molecule has 2 rings (SSSR count). The van der Waals surface area contributed by atoms with Crippen LogP contribution in [-0.2, 0) is 4.74 Å². The minimum absolute atomic E-state index is 0.269. The van der Waals surface area contributed by atoms with Crippen LogP contribution in [0.2, 0.25) is 0 Å². The highest BCUT2D eigenvalue weighted by atomic mass is 35.5. The van der Waals surface area contributed by atoms with E-state index in [4.69, 9.17) is 22.1 Å². The lowest BCUT2D eigenvalue weighted by molar-refractivity contribution is -0.0484. The first-order valence-corrected chi connectivity index (χ1v) is 6.41. The molecule has 1 unspecified atom stereocenters. The van der Waals surface area contributed by atoms with Gasteiger partial charge in [0, 0.05) is 17.1 Å². The van der Waals surface area contributed by atoms with Crippen molar-refractivity contribution < 1.29 is 14.9 Å². The van der Waals surface area contributed by atoms with Crippen molar-refractivity contribution in [1.29, 1.82) is 0 Å². The number of aryl methyl sites for hydroxylation is 1. The molecule has 5 N–H and O–H groups in total. The number of rotatable bonds is 2. The van der Waals surface area contributed by atoms with E-state index in [1.165, 1.54) is 13.0 Å². The maximum atomic E-state index is 12.0. The zero-order chi connectivity index (χ0) is 15.8. The topological polar surface area (TPSA) is 131 Å². The Morgan fingerprint density at radius 1 is 1.62 bits per heavy atom. The average molecular weight is 316 g/mol. The Morgan fingerprint density at radius 2 is 2.29 bits per heavy atom. The number of hydrogen-bond donors (Lipinski definition) is 4. The van der Waals surface area contributed by atoms with Gasteiger partial charge in [0.1, 0.15) is 12.2 Å². The predicted octanol–water partition coefficient (Wildman–Crippen LogP) is -2.01. The summed E-state index contributed by atoms with van der Waals surface area (Å²) in [6.45, 7) is 0.991. The minimum Gasteiger partial charge on any atom is -0.394 e. The molecule has 9 heteroatoms. The highest BCUT2D eigenvalue weighted by Crippen LogP contribution is 2.36. The minimum atomic E-state index is -1.71. The van der Waals surface area contributed by atoms with Crippen molar-refractivity contribution in [3.63, 3.8) is 0 Å². The van der Waals surface area contributed by atoms with Gasteiger partial charge in [-0.2, -0.15) is 0 Å². The van der Waals surface area contributed by atoms with Gasteiger partial charge >= 0.3 is 5.69 Å². The smallest absolute Gasteiger partial charge is 0.330 e. The van der Waals surface area contributed by atoms with Crippen molar-refractivity contribution in [3.8, 4) is 11.3 Å². The van der Waals surface area contributed by atoms with Crippen LogP contribution in [0.1, 0.15) is 11.9 Å². The molecular weight excluding hydrogens is 302 g/mol. The number of hydrogen-bond acceptors (Lipinski definition) is 6. The molecule has 1 aliphatic heterocycles. The third-order valence-corrected chi connectivity index (χ3v) is 3.50. The molecule has 0 aromatic carbocycles. The molecular formula is C12H14ClN3O5. The van der Waals surface area contributed by atoms with Gasteiger partial charge in [0.15, 0.2) is 11.8 Å². The van der Waals surface area contributed by atoms with Crippen LogP contribution in [0.25, 0.3) is 0 Å². The lowest BCUT2D eigenvalue weighted by atomic mass is 9.92. The number of nitrogens with zero attached hydrogens (tertiary/aromatic N) is 1. The Hall–Kier alpha value is -1.63. The maximum absolute atomic E-state index is 12.0. The second-order valence-electron chi connectivity index (χ2n) is 4.76. The number of H-pyrrole nitrogens is 1. The van der Waals surface area contributed by atoms with Gasteiger partial charge < -0.3 is 20.7 Å². The third-order valence-electron chi connectivity index (χ3n) is 3.40. The lowest BCUT2D eigenvalue weighted by Crippen LogP contribution is -2.55. The quantitative estimate of drug-likeness (QED) is 0.467. The van der Waals surface area contributed by atoms with Gasteiger partial charge in [-0.15, -0.1) is 0 Å². The van der Waals surface area contributed by atoms with Crippen LogP contribution in [0.15, 0.2) is 15.7 Å². The van der Waals surface area contributed by atoms with Crippen molar-refractivity contribution in [2.75, 3.05) is 6.61 Å². The molecule has 0 aliphatic carbocycles.